The topological polar surface area (TPSA) is 37.7 Å². The lowest BCUT2D eigenvalue weighted by atomic mass is 9.90. The van der Waals surface area contributed by atoms with Gasteiger partial charge in [-0.05, 0) is 146 Å². The number of hydrogen-bond donors (Lipinski definition) is 0. The summed E-state index contributed by atoms with van der Waals surface area (Å²) in [5.74, 6) is 0. The van der Waals surface area contributed by atoms with E-state index in [9.17, 15) is 0 Å². The fraction of sp³-hybridized carbons (Fsp3) is 0.395. The molecule has 0 spiro atoms. The monoisotopic (exact) mass is 650 g/mol. The molecular weight excluding hydrogens is 601 g/mol. The number of para-hydroxylation sites is 2. The van der Waals surface area contributed by atoms with E-state index in [-0.39, 0.29) is 6.17 Å². The zero-order valence-electron chi connectivity index (χ0n) is 29.1. The Morgan fingerprint density at radius 2 is 0.980 bits per heavy atom. The molecule has 0 aliphatic carbocycles. The van der Waals surface area contributed by atoms with E-state index < -0.39 is 0 Å². The van der Waals surface area contributed by atoms with Crippen LogP contribution in [-0.2, 0) is 25.7 Å². The highest BCUT2D eigenvalue weighted by Gasteiger charge is 2.28. The van der Waals surface area contributed by atoms with Crippen molar-refractivity contribution in [3.8, 4) is 0 Å². The van der Waals surface area contributed by atoms with Gasteiger partial charge in [-0.25, -0.2) is 10.0 Å². The van der Waals surface area contributed by atoms with Crippen molar-refractivity contribution in [3.63, 3.8) is 0 Å². The molecule has 0 saturated heterocycles. The van der Waals surface area contributed by atoms with Crippen LogP contribution in [0.15, 0.2) is 95.1 Å². The highest BCUT2D eigenvalue weighted by Crippen LogP contribution is 2.37. The average molecular weight is 651 g/mol. The lowest BCUT2D eigenvalue weighted by Gasteiger charge is -2.38. The number of hydrogen-bond acceptors (Lipinski definition) is 6. The van der Waals surface area contributed by atoms with E-state index in [1.54, 1.807) is 0 Å². The van der Waals surface area contributed by atoms with Crippen LogP contribution in [0.1, 0.15) is 85.3 Å². The molecule has 0 saturated carbocycles. The quantitative estimate of drug-likeness (QED) is 0.0923. The molecule has 49 heavy (non-hydrogen) atoms. The number of unbranched alkanes of at least 4 members (excludes halogenated alkanes) is 1. The van der Waals surface area contributed by atoms with E-state index in [4.69, 9.17) is 10.2 Å². The zero-order chi connectivity index (χ0) is 33.0. The molecule has 0 radical (unpaired) electrons. The molecule has 252 valence electrons. The molecule has 4 heterocycles. The van der Waals surface area contributed by atoms with Gasteiger partial charge in [0.15, 0.2) is 0 Å². The number of anilines is 4. The molecule has 0 atom stereocenters. The van der Waals surface area contributed by atoms with Gasteiger partial charge >= 0.3 is 0 Å². The standard InChI is InChI=1S/C43H50N6/c1-2-3-22-41(48(39-18-6-4-7-19-39)44-31-33-27-35-14-10-23-46-24-11-15-36(28-33)42(35)46)49(40-20-8-5-9-21-40)45-32-34-29-37-16-12-25-47-26-13-17-38(30-34)43(37)47/h4-9,18-21,27-32,41H,2-3,10-17,22-26H2,1H3/b44-31+,45-32+. The van der Waals surface area contributed by atoms with Crippen LogP contribution < -0.4 is 19.8 Å². The third-order valence-electron chi connectivity index (χ3n) is 10.8. The van der Waals surface area contributed by atoms with Crippen LogP contribution in [0.25, 0.3) is 0 Å². The molecule has 0 aromatic heterocycles. The first-order chi connectivity index (χ1) is 24.2. The Hall–Kier alpha value is -4.58. The number of nitrogens with zero attached hydrogens (tertiary/aromatic N) is 6. The van der Waals surface area contributed by atoms with Gasteiger partial charge < -0.3 is 9.80 Å². The number of hydrazone groups is 2. The minimum Gasteiger partial charge on any atom is -0.371 e. The fourth-order valence-electron chi connectivity index (χ4n) is 8.60. The largest absolute Gasteiger partial charge is 0.371 e. The lowest BCUT2D eigenvalue weighted by molar-refractivity contribution is 0.513. The van der Waals surface area contributed by atoms with Crippen LogP contribution >= 0.6 is 0 Å². The molecule has 6 nitrogen and oxygen atoms in total. The normalized spacial score (nSPS) is 16.7. The van der Waals surface area contributed by atoms with Gasteiger partial charge in [0.25, 0.3) is 0 Å². The molecule has 0 bridgehead atoms. The molecule has 0 amide bonds. The Labute approximate surface area is 292 Å². The maximum absolute atomic E-state index is 5.35. The third-order valence-corrected chi connectivity index (χ3v) is 10.8. The van der Waals surface area contributed by atoms with Crippen molar-refractivity contribution in [1.29, 1.82) is 0 Å². The second-order valence-electron chi connectivity index (χ2n) is 14.2. The number of aryl methyl sites for hydroxylation is 4. The highest BCUT2D eigenvalue weighted by molar-refractivity contribution is 5.85. The molecule has 4 aromatic carbocycles. The van der Waals surface area contributed by atoms with E-state index in [0.717, 1.165) is 56.3 Å². The lowest BCUT2D eigenvalue weighted by Crippen LogP contribution is -2.44. The van der Waals surface area contributed by atoms with E-state index in [2.05, 4.69) is 124 Å². The Kier molecular flexibility index (Phi) is 9.37. The second kappa shape index (κ2) is 14.5. The van der Waals surface area contributed by atoms with Crippen LogP contribution in [0.5, 0.6) is 0 Å². The summed E-state index contributed by atoms with van der Waals surface area (Å²) in [7, 11) is 0. The summed E-state index contributed by atoms with van der Waals surface area (Å²) < 4.78 is 0. The third kappa shape index (κ3) is 6.70. The average Bonchev–Trinajstić information content (AvgIpc) is 3.15. The first-order valence-corrected chi connectivity index (χ1v) is 18.8. The maximum atomic E-state index is 5.35. The van der Waals surface area contributed by atoms with Crippen molar-refractivity contribution in [2.24, 2.45) is 10.2 Å². The van der Waals surface area contributed by atoms with Crippen LogP contribution in [0.3, 0.4) is 0 Å². The van der Waals surface area contributed by atoms with Gasteiger partial charge in [-0.15, -0.1) is 0 Å². The predicted molar refractivity (Wildman–Crippen MR) is 207 cm³/mol. The van der Waals surface area contributed by atoms with Crippen molar-refractivity contribution in [2.45, 2.75) is 83.7 Å². The minimum absolute atomic E-state index is 0.116. The Bertz CT molecular complexity index is 1610. The van der Waals surface area contributed by atoms with E-state index >= 15 is 0 Å². The van der Waals surface area contributed by atoms with Crippen molar-refractivity contribution in [2.75, 3.05) is 46.0 Å². The SMILES string of the molecule is CCCCC(N(/N=C/c1cc2c3c(c1)CCCN3CCC2)c1ccccc1)N(/N=C/c1cc2c3c(c1)CCCN3CCC2)c1ccccc1. The summed E-state index contributed by atoms with van der Waals surface area (Å²) in [6, 6.07) is 30.9. The summed E-state index contributed by atoms with van der Waals surface area (Å²) in [5, 5.41) is 15.1. The second-order valence-corrected chi connectivity index (χ2v) is 14.2. The number of benzene rings is 4. The summed E-state index contributed by atoms with van der Waals surface area (Å²) in [4.78, 5) is 5.22. The van der Waals surface area contributed by atoms with Gasteiger partial charge in [0, 0.05) is 37.6 Å². The molecule has 0 fully saturated rings. The molecular formula is C43H50N6. The van der Waals surface area contributed by atoms with Crippen molar-refractivity contribution in [3.05, 3.63) is 118 Å². The number of rotatable bonds is 11. The zero-order valence-corrected chi connectivity index (χ0v) is 29.1. The van der Waals surface area contributed by atoms with Crippen LogP contribution in [-0.4, -0.2) is 44.8 Å². The van der Waals surface area contributed by atoms with Gasteiger partial charge in [0.05, 0.1) is 23.8 Å². The minimum atomic E-state index is -0.116. The van der Waals surface area contributed by atoms with Gasteiger partial charge in [-0.1, -0.05) is 49.7 Å². The molecule has 6 heteroatoms. The van der Waals surface area contributed by atoms with Gasteiger partial charge in [-0.2, -0.15) is 10.2 Å². The summed E-state index contributed by atoms with van der Waals surface area (Å²) in [6.45, 7) is 7.03. The molecule has 4 aliphatic rings. The van der Waals surface area contributed by atoms with Crippen molar-refractivity contribution in [1.82, 2.24) is 0 Å². The predicted octanol–water partition coefficient (Wildman–Crippen LogP) is 8.98. The van der Waals surface area contributed by atoms with Gasteiger partial charge in [0.1, 0.15) is 6.17 Å². The van der Waals surface area contributed by atoms with Gasteiger partial charge in [-0.3, -0.25) is 0 Å². The van der Waals surface area contributed by atoms with Gasteiger partial charge in [0.2, 0.25) is 0 Å². The Balaban J connectivity index is 1.19. The van der Waals surface area contributed by atoms with Crippen LogP contribution in [0, 0.1) is 0 Å². The van der Waals surface area contributed by atoms with Crippen molar-refractivity contribution < 1.29 is 0 Å². The fourth-order valence-corrected chi connectivity index (χ4v) is 8.60. The van der Waals surface area contributed by atoms with Crippen LogP contribution in [0.2, 0.25) is 0 Å². The van der Waals surface area contributed by atoms with E-state index in [1.165, 1.54) is 96.6 Å². The maximum Gasteiger partial charge on any atom is 0.144 e. The Morgan fingerprint density at radius 1 is 0.592 bits per heavy atom. The summed E-state index contributed by atoms with van der Waals surface area (Å²) in [5.41, 5.74) is 13.5. The van der Waals surface area contributed by atoms with E-state index in [0.29, 0.717) is 0 Å². The molecule has 4 aliphatic heterocycles. The van der Waals surface area contributed by atoms with Crippen LogP contribution in [0.4, 0.5) is 22.7 Å². The molecule has 4 aromatic rings. The molecule has 0 N–H and O–H groups in total. The first-order valence-electron chi connectivity index (χ1n) is 18.8. The molecule has 8 rings (SSSR count). The smallest absolute Gasteiger partial charge is 0.144 e. The molecule has 0 unspecified atom stereocenters. The highest BCUT2D eigenvalue weighted by atomic mass is 15.6. The Morgan fingerprint density at radius 3 is 1.35 bits per heavy atom. The summed E-state index contributed by atoms with van der Waals surface area (Å²) >= 11 is 0. The first kappa shape index (κ1) is 31.7. The van der Waals surface area contributed by atoms with Crippen molar-refractivity contribution >= 4 is 35.2 Å². The van der Waals surface area contributed by atoms with E-state index in [1.807, 2.05) is 0 Å². The summed E-state index contributed by atoms with van der Waals surface area (Å²) in [6.07, 6.45) is 16.7.